The molecule has 0 radical (unpaired) electrons. The summed E-state index contributed by atoms with van der Waals surface area (Å²) in [7, 11) is 0. The largest absolute Gasteiger partial charge is 0.207 e. The van der Waals surface area contributed by atoms with Crippen molar-refractivity contribution in [1.82, 2.24) is 0 Å². The molecule has 6 aromatic rings. The molecular weight excluding hydrogens is 603 g/mol. The molecule has 49 heavy (non-hydrogen) atoms. The van der Waals surface area contributed by atoms with Crippen LogP contribution in [0.15, 0.2) is 121 Å². The lowest BCUT2D eigenvalue weighted by molar-refractivity contribution is 0.613. The third kappa shape index (κ3) is 8.43. The van der Waals surface area contributed by atoms with Crippen LogP contribution in [0.1, 0.15) is 65.5 Å². The van der Waals surface area contributed by atoms with Crippen LogP contribution in [0, 0.1) is 39.3 Å². The molecule has 0 aliphatic carbocycles. The van der Waals surface area contributed by atoms with Gasteiger partial charge in [0, 0.05) is 0 Å². The lowest BCUT2D eigenvalue weighted by Gasteiger charge is -2.12. The molecule has 0 atom stereocenters. The highest BCUT2D eigenvalue weighted by Gasteiger charge is 2.10. The lowest BCUT2D eigenvalue weighted by Crippen LogP contribution is -1.91. The molecule has 0 amide bonds. The summed E-state index contributed by atoms with van der Waals surface area (Å²) in [5, 5.41) is 0. The predicted molar refractivity (Wildman–Crippen MR) is 204 cm³/mol. The molecule has 0 heterocycles. The van der Waals surface area contributed by atoms with Crippen LogP contribution in [0.25, 0.3) is 44.5 Å². The highest BCUT2D eigenvalue weighted by molar-refractivity contribution is 5.75. The first-order valence-corrected chi connectivity index (χ1v) is 17.7. The zero-order valence-corrected chi connectivity index (χ0v) is 29.3. The monoisotopic (exact) mass is 648 g/mol. The molecule has 0 nitrogen and oxygen atoms in total. The Hall–Kier alpha value is -4.82. The van der Waals surface area contributed by atoms with Crippen LogP contribution in [-0.4, -0.2) is 0 Å². The average molecular weight is 649 g/mol. The Kier molecular flexibility index (Phi) is 10.8. The van der Waals surface area contributed by atoms with Crippen molar-refractivity contribution in [3.63, 3.8) is 0 Å². The quantitative estimate of drug-likeness (QED) is 0.116. The van der Waals surface area contributed by atoms with Gasteiger partial charge in [0.1, 0.15) is 11.6 Å². The number of benzene rings is 6. The second kappa shape index (κ2) is 15.6. The first-order chi connectivity index (χ1) is 23.7. The second-order valence-electron chi connectivity index (χ2n) is 13.6. The molecule has 0 saturated heterocycles. The number of hydrogen-bond acceptors (Lipinski definition) is 0. The minimum Gasteiger partial charge on any atom is -0.207 e. The molecule has 0 fully saturated rings. The van der Waals surface area contributed by atoms with Gasteiger partial charge in [-0.2, -0.15) is 0 Å². The van der Waals surface area contributed by atoms with Gasteiger partial charge in [0.25, 0.3) is 0 Å². The van der Waals surface area contributed by atoms with E-state index >= 15 is 0 Å². The van der Waals surface area contributed by atoms with E-state index in [-0.39, 0.29) is 11.6 Å². The minimum atomic E-state index is -0.177. The Labute approximate surface area is 291 Å². The summed E-state index contributed by atoms with van der Waals surface area (Å²) in [6, 6.07) is 41.7. The van der Waals surface area contributed by atoms with Gasteiger partial charge >= 0.3 is 0 Å². The number of rotatable bonds is 12. The van der Waals surface area contributed by atoms with Gasteiger partial charge in [0.2, 0.25) is 0 Å². The van der Waals surface area contributed by atoms with Gasteiger partial charge in [-0.3, -0.25) is 0 Å². The molecule has 0 aliphatic heterocycles. The summed E-state index contributed by atoms with van der Waals surface area (Å²) >= 11 is 0. The van der Waals surface area contributed by atoms with E-state index in [1.165, 1.54) is 65.5 Å². The fraction of sp³-hybridized carbons (Fsp3) is 0.234. The van der Waals surface area contributed by atoms with Gasteiger partial charge in [-0.1, -0.05) is 116 Å². The third-order valence-electron chi connectivity index (χ3n) is 9.85. The van der Waals surface area contributed by atoms with Gasteiger partial charge < -0.3 is 0 Å². The normalized spacial score (nSPS) is 11.2. The third-order valence-corrected chi connectivity index (χ3v) is 9.85. The van der Waals surface area contributed by atoms with Crippen molar-refractivity contribution < 1.29 is 8.78 Å². The first kappa shape index (κ1) is 34.1. The molecule has 0 saturated carbocycles. The van der Waals surface area contributed by atoms with Crippen LogP contribution in [0.3, 0.4) is 0 Å². The van der Waals surface area contributed by atoms with Crippen LogP contribution in [-0.2, 0) is 12.8 Å². The van der Waals surface area contributed by atoms with Gasteiger partial charge in [-0.25, -0.2) is 8.78 Å². The van der Waals surface area contributed by atoms with Gasteiger partial charge in [-0.05, 0) is 156 Å². The highest BCUT2D eigenvalue weighted by atomic mass is 19.1. The van der Waals surface area contributed by atoms with Crippen molar-refractivity contribution in [3.8, 4) is 44.5 Å². The molecule has 0 spiro atoms. The molecule has 0 unspecified atom stereocenters. The molecule has 6 aromatic carbocycles. The molecule has 0 aliphatic rings. The maximum atomic E-state index is 13.8. The Bertz CT molecular complexity index is 1800. The summed E-state index contributed by atoms with van der Waals surface area (Å²) in [5.41, 5.74) is 16.0. The van der Waals surface area contributed by atoms with E-state index in [9.17, 15) is 8.78 Å². The van der Waals surface area contributed by atoms with Crippen LogP contribution in [0.5, 0.6) is 0 Å². The summed E-state index contributed by atoms with van der Waals surface area (Å²) in [5.74, 6) is -0.354. The molecule has 248 valence electrons. The Morgan fingerprint density at radius 2 is 0.571 bits per heavy atom. The van der Waals surface area contributed by atoms with Crippen molar-refractivity contribution in [2.75, 3.05) is 0 Å². The maximum absolute atomic E-state index is 13.8. The summed E-state index contributed by atoms with van der Waals surface area (Å²) in [6.45, 7) is 7.89. The smallest absolute Gasteiger partial charge is 0.123 e. The van der Waals surface area contributed by atoms with E-state index in [1.54, 1.807) is 24.3 Å². The summed E-state index contributed by atoms with van der Waals surface area (Å²) in [6.07, 6.45) is 8.47. The van der Waals surface area contributed by atoms with Gasteiger partial charge in [0.05, 0.1) is 0 Å². The Morgan fingerprint density at radius 3 is 0.878 bits per heavy atom. The SMILES string of the molecule is Cc1cc(F)cc(C)c1-c1ccc(-c2ccc(CCCCCCCc3ccc(-c4ccc(-c5c(C)cc(F)cc5C)cc4)cc3)cc2)cc1. The van der Waals surface area contributed by atoms with Crippen molar-refractivity contribution in [3.05, 3.63) is 166 Å². The highest BCUT2D eigenvalue weighted by Crippen LogP contribution is 2.32. The number of unbranched alkanes of at least 4 members (excludes halogenated alkanes) is 4. The Balaban J connectivity index is 0.910. The van der Waals surface area contributed by atoms with Crippen LogP contribution < -0.4 is 0 Å². The standard InChI is InChI=1S/C47H46F2/c1-32-28-44(48)29-33(2)46(32)42-24-20-40(21-25-42)38-16-12-36(13-17-38)10-8-6-5-7-9-11-37-14-18-39(19-15-37)41-22-26-43(27-23-41)47-34(3)30-45(49)31-35(47)4/h12-31H,5-11H2,1-4H3. The molecular formula is C47H46F2. The van der Waals surface area contributed by atoms with E-state index in [0.717, 1.165) is 57.3 Å². The summed E-state index contributed by atoms with van der Waals surface area (Å²) in [4.78, 5) is 0. The summed E-state index contributed by atoms with van der Waals surface area (Å²) < 4.78 is 27.5. The lowest BCUT2D eigenvalue weighted by atomic mass is 9.93. The number of aryl methyl sites for hydroxylation is 6. The zero-order valence-electron chi connectivity index (χ0n) is 29.3. The minimum absolute atomic E-state index is 0.177. The average Bonchev–Trinajstić information content (AvgIpc) is 3.08. The van der Waals surface area contributed by atoms with E-state index in [0.29, 0.717) is 0 Å². The molecule has 0 aromatic heterocycles. The van der Waals surface area contributed by atoms with E-state index in [4.69, 9.17) is 0 Å². The molecule has 6 rings (SSSR count). The topological polar surface area (TPSA) is 0 Å². The van der Waals surface area contributed by atoms with Crippen molar-refractivity contribution >= 4 is 0 Å². The van der Waals surface area contributed by atoms with Crippen molar-refractivity contribution in [2.45, 2.75) is 72.6 Å². The number of halogens is 2. The number of hydrogen-bond donors (Lipinski definition) is 0. The van der Waals surface area contributed by atoms with Gasteiger partial charge in [0.15, 0.2) is 0 Å². The fourth-order valence-electron chi connectivity index (χ4n) is 7.31. The van der Waals surface area contributed by atoms with Crippen LogP contribution in [0.4, 0.5) is 8.78 Å². The van der Waals surface area contributed by atoms with Crippen LogP contribution >= 0.6 is 0 Å². The molecule has 2 heteroatoms. The van der Waals surface area contributed by atoms with Gasteiger partial charge in [-0.15, -0.1) is 0 Å². The van der Waals surface area contributed by atoms with Crippen molar-refractivity contribution in [2.24, 2.45) is 0 Å². The Morgan fingerprint density at radius 1 is 0.327 bits per heavy atom. The predicted octanol–water partition coefficient (Wildman–Crippen LogP) is 13.6. The molecule has 0 bridgehead atoms. The van der Waals surface area contributed by atoms with Crippen molar-refractivity contribution in [1.29, 1.82) is 0 Å². The molecule has 0 N–H and O–H groups in total. The fourth-order valence-corrected chi connectivity index (χ4v) is 7.31. The maximum Gasteiger partial charge on any atom is 0.123 e. The van der Waals surface area contributed by atoms with E-state index < -0.39 is 0 Å². The van der Waals surface area contributed by atoms with Crippen LogP contribution in [0.2, 0.25) is 0 Å². The van der Waals surface area contributed by atoms with E-state index in [2.05, 4.69) is 97.1 Å². The van der Waals surface area contributed by atoms with E-state index in [1.807, 2.05) is 27.7 Å². The first-order valence-electron chi connectivity index (χ1n) is 17.7. The second-order valence-corrected chi connectivity index (χ2v) is 13.6. The zero-order chi connectivity index (χ0) is 34.3.